The summed E-state index contributed by atoms with van der Waals surface area (Å²) in [6.07, 6.45) is 1.30. The van der Waals surface area contributed by atoms with Crippen molar-refractivity contribution in [3.8, 4) is 0 Å². The van der Waals surface area contributed by atoms with E-state index in [1.54, 1.807) is 0 Å². The first-order valence-electron chi connectivity index (χ1n) is 3.28. The van der Waals surface area contributed by atoms with E-state index in [0.717, 1.165) is 0 Å². The molecule has 1 heterocycles. The van der Waals surface area contributed by atoms with Gasteiger partial charge in [-0.05, 0) is 4.92 Å². The average Bonchev–Trinajstić information content (AvgIpc) is 2.48. The summed E-state index contributed by atoms with van der Waals surface area (Å²) in [5, 5.41) is 27.1. The van der Waals surface area contributed by atoms with Crippen LogP contribution < -0.4 is 5.32 Å². The normalized spacial score (nSPS) is 9.75. The van der Waals surface area contributed by atoms with Gasteiger partial charge in [0.15, 0.2) is 5.69 Å². The predicted octanol–water partition coefficient (Wildman–Crippen LogP) is -0.278. The van der Waals surface area contributed by atoms with E-state index in [1.165, 1.54) is 6.20 Å². The number of nitrogens with one attached hydrogen (secondary N) is 2. The van der Waals surface area contributed by atoms with Crippen molar-refractivity contribution in [2.45, 2.75) is 0 Å². The van der Waals surface area contributed by atoms with Crippen LogP contribution in [0.2, 0.25) is 0 Å². The van der Waals surface area contributed by atoms with Gasteiger partial charge in [0.25, 0.3) is 0 Å². The highest BCUT2D eigenvalue weighted by atomic mass is 16.6. The quantitative estimate of drug-likeness (QED) is 0.428. The summed E-state index contributed by atoms with van der Waals surface area (Å²) in [4.78, 5) is 9.70. The second kappa shape index (κ2) is 3.67. The maximum absolute atomic E-state index is 10.3. The SMILES string of the molecule is O=[N+]([O-])c1[nH]ncc1NCCO. The molecule has 66 valence electrons. The van der Waals surface area contributed by atoms with Crippen molar-refractivity contribution >= 4 is 11.5 Å². The molecule has 0 saturated carbocycles. The van der Waals surface area contributed by atoms with E-state index >= 15 is 0 Å². The van der Waals surface area contributed by atoms with Crippen molar-refractivity contribution < 1.29 is 10.0 Å². The van der Waals surface area contributed by atoms with Gasteiger partial charge in [-0.15, -0.1) is 5.10 Å². The number of nitro groups is 1. The van der Waals surface area contributed by atoms with E-state index in [1.807, 2.05) is 0 Å². The second-order valence-corrected chi connectivity index (χ2v) is 2.04. The summed E-state index contributed by atoms with van der Waals surface area (Å²) in [5.74, 6) is -0.191. The summed E-state index contributed by atoms with van der Waals surface area (Å²) in [5.41, 5.74) is 0.286. The Kier molecular flexibility index (Phi) is 2.59. The highest BCUT2D eigenvalue weighted by Gasteiger charge is 2.13. The third-order valence-electron chi connectivity index (χ3n) is 1.23. The van der Waals surface area contributed by atoms with E-state index in [9.17, 15) is 10.1 Å². The molecule has 0 unspecified atom stereocenters. The predicted molar refractivity (Wildman–Crippen MR) is 40.8 cm³/mol. The van der Waals surface area contributed by atoms with E-state index < -0.39 is 4.92 Å². The Morgan fingerprint density at radius 2 is 2.58 bits per heavy atom. The molecule has 7 heteroatoms. The number of H-pyrrole nitrogens is 1. The van der Waals surface area contributed by atoms with Crippen molar-refractivity contribution in [1.82, 2.24) is 10.2 Å². The third-order valence-corrected chi connectivity index (χ3v) is 1.23. The van der Waals surface area contributed by atoms with Gasteiger partial charge in [0.1, 0.15) is 6.20 Å². The minimum absolute atomic E-state index is 0.0810. The molecule has 0 bridgehead atoms. The Hall–Kier alpha value is -1.63. The van der Waals surface area contributed by atoms with E-state index in [2.05, 4.69) is 15.5 Å². The van der Waals surface area contributed by atoms with Crippen LogP contribution in [0, 0.1) is 10.1 Å². The molecule has 0 aromatic carbocycles. The first-order chi connectivity index (χ1) is 5.75. The number of hydrogen-bond acceptors (Lipinski definition) is 5. The topological polar surface area (TPSA) is 104 Å². The number of nitrogens with zero attached hydrogens (tertiary/aromatic N) is 2. The zero-order chi connectivity index (χ0) is 8.97. The van der Waals surface area contributed by atoms with E-state index in [-0.39, 0.29) is 24.7 Å². The van der Waals surface area contributed by atoms with Crippen LogP contribution in [0.4, 0.5) is 11.5 Å². The molecule has 3 N–H and O–H groups in total. The zero-order valence-electron chi connectivity index (χ0n) is 6.15. The van der Waals surface area contributed by atoms with Crippen LogP contribution in [-0.2, 0) is 0 Å². The largest absolute Gasteiger partial charge is 0.395 e. The summed E-state index contributed by atoms with van der Waals surface area (Å²) < 4.78 is 0. The molecule has 7 nitrogen and oxygen atoms in total. The number of aromatic amines is 1. The van der Waals surface area contributed by atoms with Crippen LogP contribution >= 0.6 is 0 Å². The molecule has 0 atom stereocenters. The third kappa shape index (κ3) is 1.70. The fourth-order valence-corrected chi connectivity index (χ4v) is 0.738. The molecular weight excluding hydrogens is 164 g/mol. The molecule has 0 aliphatic carbocycles. The van der Waals surface area contributed by atoms with E-state index in [0.29, 0.717) is 0 Å². The molecular formula is C5H8N4O3. The van der Waals surface area contributed by atoms with Crippen molar-refractivity contribution in [3.05, 3.63) is 16.3 Å². The van der Waals surface area contributed by atoms with Crippen molar-refractivity contribution in [2.24, 2.45) is 0 Å². The van der Waals surface area contributed by atoms with Crippen LogP contribution in [0.25, 0.3) is 0 Å². The van der Waals surface area contributed by atoms with Gasteiger partial charge >= 0.3 is 5.82 Å². The standard InChI is InChI=1S/C5H8N4O3/c10-2-1-6-4-3-7-8-5(4)9(11)12/h3,6,10H,1-2H2,(H,7,8). The monoisotopic (exact) mass is 172 g/mol. The van der Waals surface area contributed by atoms with Crippen LogP contribution in [-0.4, -0.2) is 33.4 Å². The summed E-state index contributed by atoms with van der Waals surface area (Å²) >= 11 is 0. The van der Waals surface area contributed by atoms with Gasteiger partial charge < -0.3 is 20.5 Å². The molecule has 0 spiro atoms. The van der Waals surface area contributed by atoms with Gasteiger partial charge in [0.05, 0.1) is 6.61 Å². The Morgan fingerprint density at radius 1 is 1.83 bits per heavy atom. The zero-order valence-corrected chi connectivity index (χ0v) is 6.15. The molecule has 12 heavy (non-hydrogen) atoms. The van der Waals surface area contributed by atoms with Crippen LogP contribution in [0.5, 0.6) is 0 Å². The van der Waals surface area contributed by atoms with Gasteiger partial charge in [0.2, 0.25) is 0 Å². The molecule has 1 aromatic rings. The highest BCUT2D eigenvalue weighted by molar-refractivity contribution is 5.55. The first kappa shape index (κ1) is 8.47. The van der Waals surface area contributed by atoms with Gasteiger partial charge in [-0.2, -0.15) is 0 Å². The lowest BCUT2D eigenvalue weighted by molar-refractivity contribution is -0.388. The maximum atomic E-state index is 10.3. The van der Waals surface area contributed by atoms with Gasteiger partial charge in [0, 0.05) is 6.54 Å². The summed E-state index contributed by atoms with van der Waals surface area (Å²) in [6, 6.07) is 0. The van der Waals surface area contributed by atoms with Crippen LogP contribution in [0.15, 0.2) is 6.20 Å². The van der Waals surface area contributed by atoms with Gasteiger partial charge in [-0.3, -0.25) is 0 Å². The lowest BCUT2D eigenvalue weighted by atomic mass is 10.5. The van der Waals surface area contributed by atoms with Crippen molar-refractivity contribution in [3.63, 3.8) is 0 Å². The fourth-order valence-electron chi connectivity index (χ4n) is 0.738. The number of aliphatic hydroxyl groups is 1. The summed E-state index contributed by atoms with van der Waals surface area (Å²) in [6.45, 7) is 0.183. The van der Waals surface area contributed by atoms with Gasteiger partial charge in [-0.1, -0.05) is 5.10 Å². The lowest BCUT2D eigenvalue weighted by Crippen LogP contribution is -2.06. The minimum atomic E-state index is -0.577. The van der Waals surface area contributed by atoms with Crippen molar-refractivity contribution in [1.29, 1.82) is 0 Å². The summed E-state index contributed by atoms with van der Waals surface area (Å²) in [7, 11) is 0. The number of anilines is 1. The van der Waals surface area contributed by atoms with Gasteiger partial charge in [-0.25, -0.2) is 0 Å². The fraction of sp³-hybridized carbons (Fsp3) is 0.400. The number of aliphatic hydroxyl groups excluding tert-OH is 1. The molecule has 0 amide bonds. The molecule has 0 radical (unpaired) electrons. The lowest BCUT2D eigenvalue weighted by Gasteiger charge is -1.98. The Bertz CT molecular complexity index is 271. The van der Waals surface area contributed by atoms with E-state index in [4.69, 9.17) is 5.11 Å². The molecule has 0 aliphatic rings. The molecule has 0 fully saturated rings. The molecule has 0 saturated heterocycles. The van der Waals surface area contributed by atoms with Crippen LogP contribution in [0.1, 0.15) is 0 Å². The molecule has 0 aliphatic heterocycles. The highest BCUT2D eigenvalue weighted by Crippen LogP contribution is 2.18. The number of aromatic nitrogens is 2. The Labute approximate surface area is 67.6 Å². The Balaban J connectivity index is 2.70. The minimum Gasteiger partial charge on any atom is -0.395 e. The number of hydrogen-bond donors (Lipinski definition) is 3. The van der Waals surface area contributed by atoms with Crippen molar-refractivity contribution in [2.75, 3.05) is 18.5 Å². The second-order valence-electron chi connectivity index (χ2n) is 2.04. The molecule has 1 rings (SSSR count). The first-order valence-corrected chi connectivity index (χ1v) is 3.28. The molecule has 1 aromatic heterocycles. The van der Waals surface area contributed by atoms with Crippen LogP contribution in [0.3, 0.4) is 0 Å². The average molecular weight is 172 g/mol. The maximum Gasteiger partial charge on any atom is 0.366 e. The smallest absolute Gasteiger partial charge is 0.366 e. The number of rotatable bonds is 4. The Morgan fingerprint density at radius 3 is 3.17 bits per heavy atom.